The highest BCUT2D eigenvalue weighted by Gasteiger charge is 2.14. The van der Waals surface area contributed by atoms with Gasteiger partial charge >= 0.3 is 0 Å². The molecule has 0 spiro atoms. The standard InChI is InChI=1S/C16H15F2NO2/c1-21-15(11-5-3-2-4-6-11)10-19-16(20)12-7-13(17)9-14(18)8-12/h2-9,15H,10H2,1H3,(H,19,20). The molecule has 0 radical (unpaired) electrons. The van der Waals surface area contributed by atoms with E-state index in [1.807, 2.05) is 30.3 Å². The summed E-state index contributed by atoms with van der Waals surface area (Å²) in [6, 6.07) is 12.1. The van der Waals surface area contributed by atoms with E-state index < -0.39 is 17.5 Å². The van der Waals surface area contributed by atoms with Crippen LogP contribution in [0.5, 0.6) is 0 Å². The van der Waals surface area contributed by atoms with Crippen LogP contribution in [0.4, 0.5) is 8.78 Å². The Morgan fingerprint density at radius 3 is 2.33 bits per heavy atom. The second kappa shape index (κ2) is 6.95. The van der Waals surface area contributed by atoms with Gasteiger partial charge in [-0.05, 0) is 17.7 Å². The van der Waals surface area contributed by atoms with Crippen LogP contribution in [0.15, 0.2) is 48.5 Å². The molecule has 0 aliphatic carbocycles. The fourth-order valence-electron chi connectivity index (χ4n) is 1.98. The summed E-state index contributed by atoms with van der Waals surface area (Å²) in [5.74, 6) is -2.12. The Balaban J connectivity index is 2.02. The lowest BCUT2D eigenvalue weighted by Crippen LogP contribution is -2.29. The number of carbonyl (C=O) groups excluding carboxylic acids is 1. The van der Waals surface area contributed by atoms with Crippen LogP contribution in [-0.2, 0) is 4.74 Å². The lowest BCUT2D eigenvalue weighted by molar-refractivity contribution is 0.0827. The number of rotatable bonds is 5. The normalized spacial score (nSPS) is 12.0. The largest absolute Gasteiger partial charge is 0.375 e. The fraction of sp³-hybridized carbons (Fsp3) is 0.188. The van der Waals surface area contributed by atoms with Gasteiger partial charge in [-0.15, -0.1) is 0 Å². The summed E-state index contributed by atoms with van der Waals surface area (Å²) in [4.78, 5) is 11.9. The highest BCUT2D eigenvalue weighted by Crippen LogP contribution is 2.15. The Hall–Kier alpha value is -2.27. The highest BCUT2D eigenvalue weighted by molar-refractivity contribution is 5.94. The molecule has 0 fully saturated rings. The Morgan fingerprint density at radius 2 is 1.76 bits per heavy atom. The van der Waals surface area contributed by atoms with Crippen LogP contribution >= 0.6 is 0 Å². The van der Waals surface area contributed by atoms with Gasteiger partial charge in [-0.1, -0.05) is 30.3 Å². The van der Waals surface area contributed by atoms with Crippen molar-refractivity contribution in [3.63, 3.8) is 0 Å². The number of methoxy groups -OCH3 is 1. The van der Waals surface area contributed by atoms with Crippen molar-refractivity contribution in [3.05, 3.63) is 71.3 Å². The molecule has 5 heteroatoms. The van der Waals surface area contributed by atoms with Gasteiger partial charge in [-0.2, -0.15) is 0 Å². The van der Waals surface area contributed by atoms with Crippen molar-refractivity contribution in [3.8, 4) is 0 Å². The number of benzene rings is 2. The molecule has 2 aromatic carbocycles. The predicted octanol–water partition coefficient (Wildman–Crippen LogP) is 3.08. The van der Waals surface area contributed by atoms with Crippen molar-refractivity contribution < 1.29 is 18.3 Å². The first-order valence-corrected chi connectivity index (χ1v) is 6.42. The summed E-state index contributed by atoms with van der Waals surface area (Å²) in [5, 5.41) is 2.61. The summed E-state index contributed by atoms with van der Waals surface area (Å²) < 4.78 is 31.5. The zero-order valence-corrected chi connectivity index (χ0v) is 11.5. The van der Waals surface area contributed by atoms with Gasteiger partial charge in [0.05, 0.1) is 6.10 Å². The van der Waals surface area contributed by atoms with E-state index in [1.54, 1.807) is 0 Å². The zero-order valence-electron chi connectivity index (χ0n) is 11.5. The van der Waals surface area contributed by atoms with E-state index in [0.717, 1.165) is 23.8 Å². The number of carbonyl (C=O) groups is 1. The Morgan fingerprint density at radius 1 is 1.14 bits per heavy atom. The van der Waals surface area contributed by atoms with Gasteiger partial charge in [0.15, 0.2) is 0 Å². The van der Waals surface area contributed by atoms with Crippen molar-refractivity contribution in [2.45, 2.75) is 6.10 Å². The minimum Gasteiger partial charge on any atom is -0.375 e. The van der Waals surface area contributed by atoms with E-state index in [9.17, 15) is 13.6 Å². The van der Waals surface area contributed by atoms with Crippen molar-refractivity contribution >= 4 is 5.91 Å². The van der Waals surface area contributed by atoms with E-state index in [1.165, 1.54) is 7.11 Å². The first-order valence-electron chi connectivity index (χ1n) is 6.42. The van der Waals surface area contributed by atoms with Gasteiger partial charge in [0.25, 0.3) is 5.91 Å². The Kier molecular flexibility index (Phi) is 5.00. The van der Waals surface area contributed by atoms with Gasteiger partial charge < -0.3 is 10.1 Å². The summed E-state index contributed by atoms with van der Waals surface area (Å²) >= 11 is 0. The molecule has 0 bridgehead atoms. The van der Waals surface area contributed by atoms with E-state index in [4.69, 9.17) is 4.74 Å². The van der Waals surface area contributed by atoms with E-state index in [-0.39, 0.29) is 18.2 Å². The van der Waals surface area contributed by atoms with Crippen molar-refractivity contribution in [1.29, 1.82) is 0 Å². The average molecular weight is 291 g/mol. The maximum Gasteiger partial charge on any atom is 0.251 e. The molecule has 1 amide bonds. The smallest absolute Gasteiger partial charge is 0.251 e. The molecule has 1 N–H and O–H groups in total. The summed E-state index contributed by atoms with van der Waals surface area (Å²) in [6.45, 7) is 0.206. The maximum absolute atomic E-state index is 13.1. The third-order valence-electron chi connectivity index (χ3n) is 3.03. The number of nitrogens with one attached hydrogen (secondary N) is 1. The molecule has 3 nitrogen and oxygen atoms in total. The first-order chi connectivity index (χ1) is 10.1. The SMILES string of the molecule is COC(CNC(=O)c1cc(F)cc(F)c1)c1ccccc1. The van der Waals surface area contributed by atoms with Crippen LogP contribution in [0.25, 0.3) is 0 Å². The molecular formula is C16H15F2NO2. The Labute approximate surface area is 121 Å². The van der Waals surface area contributed by atoms with Crippen molar-refractivity contribution in [1.82, 2.24) is 5.32 Å². The lowest BCUT2D eigenvalue weighted by atomic mass is 10.1. The molecule has 0 saturated heterocycles. The molecular weight excluding hydrogens is 276 g/mol. The number of hydrogen-bond acceptors (Lipinski definition) is 2. The van der Waals surface area contributed by atoms with Gasteiger partial charge in [-0.25, -0.2) is 8.78 Å². The number of ether oxygens (including phenoxy) is 1. The predicted molar refractivity (Wildman–Crippen MR) is 74.9 cm³/mol. The average Bonchev–Trinajstić information content (AvgIpc) is 2.47. The molecule has 110 valence electrons. The first kappa shape index (κ1) is 15.1. The molecule has 0 aliphatic heterocycles. The minimum absolute atomic E-state index is 0.0598. The molecule has 2 aromatic rings. The zero-order chi connectivity index (χ0) is 15.2. The summed E-state index contributed by atoms with van der Waals surface area (Å²) in [7, 11) is 1.53. The molecule has 0 heterocycles. The second-order valence-electron chi connectivity index (χ2n) is 4.50. The minimum atomic E-state index is -0.786. The quantitative estimate of drug-likeness (QED) is 0.919. The number of halogens is 2. The Bertz CT molecular complexity index is 597. The highest BCUT2D eigenvalue weighted by atomic mass is 19.1. The van der Waals surface area contributed by atoms with Crippen LogP contribution in [-0.4, -0.2) is 19.6 Å². The molecule has 0 saturated carbocycles. The monoisotopic (exact) mass is 291 g/mol. The van der Waals surface area contributed by atoms with Crippen LogP contribution in [0.3, 0.4) is 0 Å². The maximum atomic E-state index is 13.1. The van der Waals surface area contributed by atoms with Crippen LogP contribution in [0, 0.1) is 11.6 Å². The van der Waals surface area contributed by atoms with Crippen LogP contribution in [0.2, 0.25) is 0 Å². The molecule has 1 atom stereocenters. The third-order valence-corrected chi connectivity index (χ3v) is 3.03. The molecule has 1 unspecified atom stereocenters. The molecule has 21 heavy (non-hydrogen) atoms. The van der Waals surface area contributed by atoms with Crippen LogP contribution < -0.4 is 5.32 Å². The second-order valence-corrected chi connectivity index (χ2v) is 4.50. The van der Waals surface area contributed by atoms with Gasteiger partial charge in [0.1, 0.15) is 11.6 Å². The molecule has 0 aromatic heterocycles. The number of amides is 1. The molecule has 2 rings (SSSR count). The fourth-order valence-corrected chi connectivity index (χ4v) is 1.98. The van der Waals surface area contributed by atoms with Gasteiger partial charge in [0, 0.05) is 25.3 Å². The van der Waals surface area contributed by atoms with Crippen molar-refractivity contribution in [2.75, 3.05) is 13.7 Å². The topological polar surface area (TPSA) is 38.3 Å². The van der Waals surface area contributed by atoms with E-state index in [0.29, 0.717) is 0 Å². The van der Waals surface area contributed by atoms with Gasteiger partial charge in [-0.3, -0.25) is 4.79 Å². The summed E-state index contributed by atoms with van der Waals surface area (Å²) in [6.07, 6.45) is -0.325. The van der Waals surface area contributed by atoms with E-state index in [2.05, 4.69) is 5.32 Å². The molecule has 0 aliphatic rings. The van der Waals surface area contributed by atoms with Crippen LogP contribution in [0.1, 0.15) is 22.0 Å². The lowest BCUT2D eigenvalue weighted by Gasteiger charge is -2.16. The third kappa shape index (κ3) is 4.10. The van der Waals surface area contributed by atoms with Crippen molar-refractivity contribution in [2.24, 2.45) is 0 Å². The van der Waals surface area contributed by atoms with E-state index >= 15 is 0 Å². The number of hydrogen-bond donors (Lipinski definition) is 1. The van der Waals surface area contributed by atoms with Gasteiger partial charge in [0.2, 0.25) is 0 Å². The summed E-state index contributed by atoms with van der Waals surface area (Å²) in [5.41, 5.74) is 0.848.